The number of fused-ring (bicyclic) bond motifs is 2. The zero-order valence-corrected chi connectivity index (χ0v) is 19.1. The van der Waals surface area contributed by atoms with Crippen molar-refractivity contribution in [3.05, 3.63) is 101 Å². The monoisotopic (exact) mass is 524 g/mol. The average Bonchev–Trinajstić information content (AvgIpc) is 3.46. The fourth-order valence-electron chi connectivity index (χ4n) is 4.43. The zero-order valence-electron chi connectivity index (χ0n) is 19.1. The van der Waals surface area contributed by atoms with Crippen LogP contribution in [-0.2, 0) is 6.18 Å². The molecule has 190 valence electrons. The Labute approximate surface area is 209 Å². The first-order valence-corrected chi connectivity index (χ1v) is 11.1. The van der Waals surface area contributed by atoms with Gasteiger partial charge in [0.2, 0.25) is 11.5 Å². The van der Waals surface area contributed by atoms with Crippen molar-refractivity contribution >= 4 is 27.7 Å². The molecule has 0 unspecified atom stereocenters. The predicted molar refractivity (Wildman–Crippen MR) is 128 cm³/mol. The van der Waals surface area contributed by atoms with Crippen LogP contribution in [0.5, 0.6) is 0 Å². The van der Waals surface area contributed by atoms with E-state index in [1.807, 2.05) is 0 Å². The maximum Gasteiger partial charge on any atom is 0.437 e. The van der Waals surface area contributed by atoms with Gasteiger partial charge in [-0.05, 0) is 36.4 Å². The number of halogens is 5. The van der Waals surface area contributed by atoms with Gasteiger partial charge < -0.3 is 10.3 Å². The molecule has 38 heavy (non-hydrogen) atoms. The fourth-order valence-corrected chi connectivity index (χ4v) is 4.43. The highest BCUT2D eigenvalue weighted by Gasteiger charge is 2.41. The summed E-state index contributed by atoms with van der Waals surface area (Å²) in [7, 11) is 0. The van der Waals surface area contributed by atoms with E-state index in [4.69, 9.17) is 10.3 Å². The molecule has 0 spiro atoms. The van der Waals surface area contributed by atoms with Crippen LogP contribution < -0.4 is 16.0 Å². The van der Waals surface area contributed by atoms with Gasteiger partial charge >= 0.3 is 6.18 Å². The highest BCUT2D eigenvalue weighted by molar-refractivity contribution is 5.89. The molecule has 3 heterocycles. The van der Waals surface area contributed by atoms with E-state index in [-0.39, 0.29) is 28.3 Å². The minimum atomic E-state index is -4.84. The number of rotatable bonds is 3. The van der Waals surface area contributed by atoms with Crippen LogP contribution in [0, 0.1) is 11.6 Å². The number of pyridine rings is 1. The number of nitrogens with zero attached hydrogens (tertiary/aromatic N) is 3. The van der Waals surface area contributed by atoms with Gasteiger partial charge in [-0.3, -0.25) is 9.36 Å². The van der Waals surface area contributed by atoms with E-state index in [1.54, 1.807) is 6.07 Å². The van der Waals surface area contributed by atoms with E-state index < -0.39 is 40.0 Å². The molecule has 0 aliphatic rings. The summed E-state index contributed by atoms with van der Waals surface area (Å²) in [5.74, 6) is -1.94. The quantitative estimate of drug-likeness (QED) is 0.243. The Morgan fingerprint density at radius 1 is 0.947 bits per heavy atom. The second kappa shape index (κ2) is 8.26. The van der Waals surface area contributed by atoms with Crippen LogP contribution in [0.4, 0.5) is 27.8 Å². The summed E-state index contributed by atoms with van der Waals surface area (Å²) in [6.07, 6.45) is -3.39. The standard InChI is InChI=1S/C26H14F5N5O2/c27-19-12-13(35-10-2-1-3-21(35)37)4-6-15(19)16-7-8-17-23(22(16)28)36(33-24(17)26(29,30)31)14-5-9-20-18(11-14)25(32)34-38-20/h1-12H,(H2,32,34)/p+1. The van der Waals surface area contributed by atoms with E-state index in [1.165, 1.54) is 53.2 Å². The molecule has 0 fully saturated rings. The van der Waals surface area contributed by atoms with E-state index in [0.29, 0.717) is 11.0 Å². The van der Waals surface area contributed by atoms with Crippen molar-refractivity contribution in [3.8, 4) is 22.5 Å². The van der Waals surface area contributed by atoms with Crippen LogP contribution in [0.3, 0.4) is 0 Å². The number of hydrogen-bond donors (Lipinski definition) is 2. The zero-order chi connectivity index (χ0) is 26.8. The summed E-state index contributed by atoms with van der Waals surface area (Å²) < 4.78 is 80.0. The van der Waals surface area contributed by atoms with E-state index in [2.05, 4.69) is 10.3 Å². The number of hydrogen-bond acceptors (Lipinski definition) is 4. The maximum atomic E-state index is 16.0. The van der Waals surface area contributed by atoms with E-state index in [9.17, 15) is 18.0 Å². The Morgan fingerprint density at radius 2 is 1.74 bits per heavy atom. The first-order valence-electron chi connectivity index (χ1n) is 11.1. The lowest BCUT2D eigenvalue weighted by Gasteiger charge is -2.09. The largest absolute Gasteiger partial charge is 0.437 e. The highest BCUT2D eigenvalue weighted by atomic mass is 19.4. The van der Waals surface area contributed by atoms with Crippen LogP contribution in [-0.4, -0.2) is 14.8 Å². The van der Waals surface area contributed by atoms with Crippen molar-refractivity contribution in [2.45, 2.75) is 6.18 Å². The SMILES string of the molecule is Nc1noc2ccc(-[n+]3[nH]c(C(F)(F)F)c4ccc(-c5ccc(-n6ccccc6=O)cc5F)c(F)c43)cc12. The second-order valence-corrected chi connectivity index (χ2v) is 8.46. The molecule has 0 aliphatic heterocycles. The van der Waals surface area contributed by atoms with Crippen LogP contribution >= 0.6 is 0 Å². The number of benzene rings is 3. The third-order valence-electron chi connectivity index (χ3n) is 6.20. The molecular formula is C26H15F5N5O2+. The summed E-state index contributed by atoms with van der Waals surface area (Å²) in [5, 5.41) is 5.71. The van der Waals surface area contributed by atoms with Gasteiger partial charge in [0.25, 0.3) is 11.1 Å². The summed E-state index contributed by atoms with van der Waals surface area (Å²) in [6.45, 7) is 0. The number of nitrogens with two attached hydrogens (primary N) is 1. The van der Waals surface area contributed by atoms with E-state index in [0.717, 1.165) is 22.9 Å². The third kappa shape index (κ3) is 3.60. The molecule has 6 rings (SSSR count). The van der Waals surface area contributed by atoms with Crippen LogP contribution in [0.2, 0.25) is 0 Å². The van der Waals surface area contributed by atoms with Gasteiger partial charge in [0.1, 0.15) is 5.82 Å². The minimum absolute atomic E-state index is 0.00945. The van der Waals surface area contributed by atoms with Crippen molar-refractivity contribution in [1.82, 2.24) is 14.8 Å². The molecule has 6 aromatic rings. The molecule has 7 nitrogen and oxygen atoms in total. The van der Waals surface area contributed by atoms with Gasteiger partial charge in [-0.1, -0.05) is 22.0 Å². The molecule has 0 saturated carbocycles. The number of nitrogens with one attached hydrogen (secondary N) is 1. The number of aromatic amines is 1. The van der Waals surface area contributed by atoms with Gasteiger partial charge in [-0.15, -0.1) is 0 Å². The first kappa shape index (κ1) is 23.4. The Hall–Kier alpha value is -5.00. The molecule has 0 bridgehead atoms. The highest BCUT2D eigenvalue weighted by Crippen LogP contribution is 2.37. The fraction of sp³-hybridized carbons (Fsp3) is 0.0385. The molecule has 0 radical (unpaired) electrons. The van der Waals surface area contributed by atoms with Crippen LogP contribution in [0.1, 0.15) is 5.69 Å². The lowest BCUT2D eigenvalue weighted by Crippen LogP contribution is -2.34. The first-order chi connectivity index (χ1) is 18.1. The molecular weight excluding hydrogens is 509 g/mol. The summed E-state index contributed by atoms with van der Waals surface area (Å²) >= 11 is 0. The number of aromatic nitrogens is 4. The molecule has 3 aromatic carbocycles. The van der Waals surface area contributed by atoms with Crippen molar-refractivity contribution < 1.29 is 31.2 Å². The Morgan fingerprint density at radius 3 is 2.47 bits per heavy atom. The minimum Gasteiger partial charge on any atom is -0.380 e. The number of anilines is 1. The molecule has 0 amide bonds. The van der Waals surface area contributed by atoms with Crippen molar-refractivity contribution in [2.24, 2.45) is 0 Å². The van der Waals surface area contributed by atoms with Gasteiger partial charge in [-0.25, -0.2) is 4.39 Å². The average molecular weight is 524 g/mol. The summed E-state index contributed by atoms with van der Waals surface area (Å²) in [5.41, 5.74) is 3.89. The predicted octanol–water partition coefficient (Wildman–Crippen LogP) is 5.28. The molecule has 3 aromatic heterocycles. The van der Waals surface area contributed by atoms with E-state index >= 15 is 8.78 Å². The smallest absolute Gasteiger partial charge is 0.380 e. The normalized spacial score (nSPS) is 12.0. The van der Waals surface area contributed by atoms with Gasteiger partial charge in [-0.2, -0.15) is 22.7 Å². The lowest BCUT2D eigenvalue weighted by molar-refractivity contribution is -0.632. The number of nitrogen functional groups attached to an aromatic ring is 1. The van der Waals surface area contributed by atoms with Crippen LogP contribution in [0.25, 0.3) is 44.4 Å². The Balaban J connectivity index is 1.57. The maximum absolute atomic E-state index is 16.0. The van der Waals surface area contributed by atoms with Gasteiger partial charge in [0, 0.05) is 35.5 Å². The molecule has 12 heteroatoms. The van der Waals surface area contributed by atoms with Crippen molar-refractivity contribution in [2.75, 3.05) is 5.73 Å². The second-order valence-electron chi connectivity index (χ2n) is 8.46. The molecule has 3 N–H and O–H groups in total. The molecule has 0 atom stereocenters. The summed E-state index contributed by atoms with van der Waals surface area (Å²) in [6, 6.07) is 14.6. The van der Waals surface area contributed by atoms with Crippen molar-refractivity contribution in [3.63, 3.8) is 0 Å². The molecule has 0 saturated heterocycles. The van der Waals surface area contributed by atoms with Gasteiger partial charge in [0.15, 0.2) is 17.1 Å². The van der Waals surface area contributed by atoms with Crippen LogP contribution in [0.15, 0.2) is 82.2 Å². The molecule has 0 aliphatic carbocycles. The third-order valence-corrected chi connectivity index (χ3v) is 6.20. The van der Waals surface area contributed by atoms with Gasteiger partial charge in [0.05, 0.1) is 16.5 Å². The Kier molecular flexibility index (Phi) is 5.09. The van der Waals surface area contributed by atoms with Crippen molar-refractivity contribution in [1.29, 1.82) is 0 Å². The lowest BCUT2D eigenvalue weighted by atomic mass is 10.0. The topological polar surface area (TPSA) is 93.7 Å². The Bertz CT molecular complexity index is 1940. The number of H-pyrrole nitrogens is 1. The number of alkyl halides is 3. The summed E-state index contributed by atoms with van der Waals surface area (Å²) in [4.78, 5) is 12.1.